The highest BCUT2D eigenvalue weighted by Crippen LogP contribution is 2.26. The first-order chi connectivity index (χ1) is 13.3. The summed E-state index contributed by atoms with van der Waals surface area (Å²) in [6, 6.07) is 21.5. The number of thioether (sulfide) groups is 1. The molecule has 0 bridgehead atoms. The van der Waals surface area contributed by atoms with Crippen molar-refractivity contribution < 1.29 is 0 Å². The fraction of sp³-hybridized carbons (Fsp3) is 0.304. The van der Waals surface area contributed by atoms with Crippen molar-refractivity contribution in [1.29, 1.82) is 0 Å². The Bertz CT molecular complexity index is 869. The molecule has 4 rings (SSSR count). The summed E-state index contributed by atoms with van der Waals surface area (Å²) >= 11 is 1.73. The highest BCUT2D eigenvalue weighted by molar-refractivity contribution is 7.98. The predicted molar refractivity (Wildman–Crippen MR) is 114 cm³/mol. The van der Waals surface area contributed by atoms with Crippen LogP contribution in [-0.2, 0) is 5.75 Å². The number of benzene rings is 2. The van der Waals surface area contributed by atoms with E-state index in [0.29, 0.717) is 0 Å². The maximum atomic E-state index is 4.44. The summed E-state index contributed by atoms with van der Waals surface area (Å²) in [6.45, 7) is 4.47. The van der Waals surface area contributed by atoms with Crippen molar-refractivity contribution in [2.24, 2.45) is 0 Å². The van der Waals surface area contributed by atoms with Gasteiger partial charge >= 0.3 is 0 Å². The number of anilines is 1. The highest BCUT2D eigenvalue weighted by atomic mass is 32.2. The molecular weight excluding hydrogens is 350 g/mol. The van der Waals surface area contributed by atoms with Gasteiger partial charge < -0.3 is 4.90 Å². The molecule has 3 nitrogen and oxygen atoms in total. The number of hydrogen-bond acceptors (Lipinski definition) is 4. The summed E-state index contributed by atoms with van der Waals surface area (Å²) in [4.78, 5) is 2.48. The molecule has 1 aromatic heterocycles. The standard InChI is InChI=1S/C23H25N3S/c1-18-6-5-7-19(16-18)17-27-23-13-12-22(24-25-23)20-8-10-21(11-9-20)26-14-3-2-4-15-26/h5-13,16H,2-4,14-15,17H2,1H3. The summed E-state index contributed by atoms with van der Waals surface area (Å²) in [5, 5.41) is 9.81. The molecule has 1 aliphatic heterocycles. The molecule has 3 aromatic rings. The normalized spacial score (nSPS) is 14.3. The number of nitrogens with zero attached hydrogens (tertiary/aromatic N) is 3. The minimum atomic E-state index is 0.917. The quantitative estimate of drug-likeness (QED) is 0.532. The van der Waals surface area contributed by atoms with Crippen LogP contribution in [0.1, 0.15) is 30.4 Å². The summed E-state index contributed by atoms with van der Waals surface area (Å²) in [5.41, 5.74) is 5.98. The zero-order valence-electron chi connectivity index (χ0n) is 15.8. The molecule has 2 aromatic carbocycles. The van der Waals surface area contributed by atoms with Gasteiger partial charge in [0.2, 0.25) is 0 Å². The van der Waals surface area contributed by atoms with Gasteiger partial charge in [-0.05, 0) is 56.0 Å². The number of hydrogen-bond donors (Lipinski definition) is 0. The van der Waals surface area contributed by atoms with Gasteiger partial charge in [-0.3, -0.25) is 0 Å². The zero-order chi connectivity index (χ0) is 18.5. The van der Waals surface area contributed by atoms with Crippen LogP contribution in [0.3, 0.4) is 0 Å². The summed E-state index contributed by atoms with van der Waals surface area (Å²) < 4.78 is 0. The van der Waals surface area contributed by atoms with Gasteiger partial charge in [-0.25, -0.2) is 0 Å². The van der Waals surface area contributed by atoms with E-state index in [9.17, 15) is 0 Å². The maximum Gasteiger partial charge on any atom is 0.119 e. The van der Waals surface area contributed by atoms with Crippen LogP contribution in [0.2, 0.25) is 0 Å². The number of aryl methyl sites for hydroxylation is 1. The van der Waals surface area contributed by atoms with Crippen LogP contribution in [0, 0.1) is 6.92 Å². The first-order valence-electron chi connectivity index (χ1n) is 9.65. The lowest BCUT2D eigenvalue weighted by Gasteiger charge is -2.28. The van der Waals surface area contributed by atoms with Crippen molar-refractivity contribution in [3.05, 3.63) is 71.8 Å². The van der Waals surface area contributed by atoms with Gasteiger partial charge in [0.05, 0.1) is 5.69 Å². The highest BCUT2D eigenvalue weighted by Gasteiger charge is 2.11. The monoisotopic (exact) mass is 375 g/mol. The molecule has 0 saturated carbocycles. The third-order valence-electron chi connectivity index (χ3n) is 4.99. The van der Waals surface area contributed by atoms with Crippen molar-refractivity contribution in [2.75, 3.05) is 18.0 Å². The van der Waals surface area contributed by atoms with Gasteiger partial charge in [-0.1, -0.05) is 53.7 Å². The molecule has 0 aliphatic carbocycles. The van der Waals surface area contributed by atoms with Crippen molar-refractivity contribution >= 4 is 17.4 Å². The van der Waals surface area contributed by atoms with Gasteiger partial charge in [0.25, 0.3) is 0 Å². The van der Waals surface area contributed by atoms with Gasteiger partial charge in [0.15, 0.2) is 0 Å². The topological polar surface area (TPSA) is 29.0 Å². The first kappa shape index (κ1) is 18.1. The average molecular weight is 376 g/mol. The number of piperidine rings is 1. The molecule has 4 heteroatoms. The van der Waals surface area contributed by atoms with Crippen LogP contribution in [-0.4, -0.2) is 23.3 Å². The van der Waals surface area contributed by atoms with Crippen molar-refractivity contribution in [2.45, 2.75) is 37.0 Å². The van der Waals surface area contributed by atoms with E-state index in [1.165, 1.54) is 49.2 Å². The van der Waals surface area contributed by atoms with Crippen LogP contribution in [0.15, 0.2) is 65.7 Å². The lowest BCUT2D eigenvalue weighted by molar-refractivity contribution is 0.578. The Morgan fingerprint density at radius 3 is 2.41 bits per heavy atom. The van der Waals surface area contributed by atoms with Crippen LogP contribution in [0.5, 0.6) is 0 Å². The third-order valence-corrected chi connectivity index (χ3v) is 5.98. The largest absolute Gasteiger partial charge is 0.372 e. The summed E-state index contributed by atoms with van der Waals surface area (Å²) in [7, 11) is 0. The smallest absolute Gasteiger partial charge is 0.119 e. The Labute approximate surface area is 165 Å². The van der Waals surface area contributed by atoms with Gasteiger partial charge in [0, 0.05) is 30.1 Å². The van der Waals surface area contributed by atoms with E-state index in [-0.39, 0.29) is 0 Å². The van der Waals surface area contributed by atoms with Crippen LogP contribution < -0.4 is 4.90 Å². The molecule has 2 heterocycles. The Hall–Kier alpha value is -2.33. The summed E-state index contributed by atoms with van der Waals surface area (Å²) in [5.74, 6) is 0.917. The molecule has 0 atom stereocenters. The minimum absolute atomic E-state index is 0.917. The van der Waals surface area contributed by atoms with E-state index >= 15 is 0 Å². The molecule has 1 fully saturated rings. The third kappa shape index (κ3) is 4.69. The first-order valence-corrected chi connectivity index (χ1v) is 10.6. The van der Waals surface area contributed by atoms with E-state index in [0.717, 1.165) is 22.0 Å². The fourth-order valence-electron chi connectivity index (χ4n) is 3.51. The second kappa shape index (κ2) is 8.57. The number of aromatic nitrogens is 2. The van der Waals surface area contributed by atoms with Crippen LogP contribution in [0.4, 0.5) is 5.69 Å². The molecule has 0 N–H and O–H groups in total. The number of rotatable bonds is 5. The molecule has 0 unspecified atom stereocenters. The molecule has 0 radical (unpaired) electrons. The van der Waals surface area contributed by atoms with Crippen molar-refractivity contribution in [1.82, 2.24) is 10.2 Å². The van der Waals surface area contributed by atoms with E-state index in [2.05, 4.69) is 82.7 Å². The van der Waals surface area contributed by atoms with Gasteiger partial charge in [-0.2, -0.15) is 0 Å². The van der Waals surface area contributed by atoms with Crippen molar-refractivity contribution in [3.63, 3.8) is 0 Å². The van der Waals surface area contributed by atoms with E-state index in [1.807, 2.05) is 0 Å². The second-order valence-corrected chi connectivity index (χ2v) is 8.12. The van der Waals surface area contributed by atoms with Gasteiger partial charge in [0.1, 0.15) is 5.03 Å². The van der Waals surface area contributed by atoms with E-state index < -0.39 is 0 Å². The van der Waals surface area contributed by atoms with Crippen LogP contribution in [0.25, 0.3) is 11.3 Å². The van der Waals surface area contributed by atoms with E-state index in [4.69, 9.17) is 0 Å². The SMILES string of the molecule is Cc1cccc(CSc2ccc(-c3ccc(N4CCCCC4)cc3)nn2)c1. The zero-order valence-corrected chi connectivity index (χ0v) is 16.6. The Morgan fingerprint density at radius 2 is 1.70 bits per heavy atom. The molecular formula is C23H25N3S. The molecule has 138 valence electrons. The van der Waals surface area contributed by atoms with Crippen molar-refractivity contribution in [3.8, 4) is 11.3 Å². The molecule has 0 spiro atoms. The Kier molecular flexibility index (Phi) is 5.73. The Balaban J connectivity index is 1.39. The maximum absolute atomic E-state index is 4.44. The predicted octanol–water partition coefficient (Wildman–Crippen LogP) is 5.73. The van der Waals surface area contributed by atoms with E-state index in [1.54, 1.807) is 11.8 Å². The van der Waals surface area contributed by atoms with Crippen LogP contribution >= 0.6 is 11.8 Å². The fourth-order valence-corrected chi connectivity index (χ4v) is 4.26. The lowest BCUT2D eigenvalue weighted by atomic mass is 10.1. The Morgan fingerprint density at radius 1 is 0.889 bits per heavy atom. The molecule has 1 aliphatic rings. The van der Waals surface area contributed by atoms with Gasteiger partial charge in [-0.15, -0.1) is 10.2 Å². The summed E-state index contributed by atoms with van der Waals surface area (Å²) in [6.07, 6.45) is 3.96. The lowest BCUT2D eigenvalue weighted by Crippen LogP contribution is -2.29. The molecule has 1 saturated heterocycles. The second-order valence-electron chi connectivity index (χ2n) is 7.13. The molecule has 27 heavy (non-hydrogen) atoms. The molecule has 0 amide bonds. The minimum Gasteiger partial charge on any atom is -0.372 e. The average Bonchev–Trinajstić information content (AvgIpc) is 2.74.